The Morgan fingerprint density at radius 2 is 2.05 bits per heavy atom. The lowest BCUT2D eigenvalue weighted by Crippen LogP contribution is -2.36. The van der Waals surface area contributed by atoms with Gasteiger partial charge in [-0.2, -0.15) is 0 Å². The predicted octanol–water partition coefficient (Wildman–Crippen LogP) is 2.49. The number of nitrogens with zero attached hydrogens (tertiary/aromatic N) is 1. The van der Waals surface area contributed by atoms with E-state index in [2.05, 4.69) is 5.32 Å². The van der Waals surface area contributed by atoms with Gasteiger partial charge >= 0.3 is 6.09 Å². The third kappa shape index (κ3) is 5.72. The Labute approximate surface area is 113 Å². The number of likely N-dealkylation sites (tertiary alicyclic amines) is 1. The Morgan fingerprint density at radius 3 is 2.58 bits per heavy atom. The fraction of sp³-hybridized carbons (Fsp3) is 0.923. The summed E-state index contributed by atoms with van der Waals surface area (Å²) < 4.78 is 32.2. The molecule has 1 N–H and O–H groups in total. The maximum absolute atomic E-state index is 13.5. The maximum Gasteiger partial charge on any atom is 0.410 e. The van der Waals surface area contributed by atoms with Gasteiger partial charge < -0.3 is 15.0 Å². The normalized spacial score (nSPS) is 20.7. The van der Waals surface area contributed by atoms with E-state index in [1.54, 1.807) is 20.8 Å². The summed E-state index contributed by atoms with van der Waals surface area (Å²) in [6, 6.07) is 0. The van der Waals surface area contributed by atoms with E-state index in [-0.39, 0.29) is 18.9 Å². The summed E-state index contributed by atoms with van der Waals surface area (Å²) in [6.07, 6.45) is 0.0121. The SMILES string of the molecule is CNCC(F)(F)CC1CCN(C(=O)OC(C)(C)C)C1. The summed E-state index contributed by atoms with van der Waals surface area (Å²) in [5.41, 5.74) is -0.550. The first kappa shape index (κ1) is 16.1. The number of carbonyl (C=O) groups excluding carboxylic acids is 1. The molecule has 1 atom stereocenters. The number of halogens is 2. The molecular weight excluding hydrogens is 254 g/mol. The Balaban J connectivity index is 2.43. The van der Waals surface area contributed by atoms with Crippen molar-refractivity contribution in [3.63, 3.8) is 0 Å². The topological polar surface area (TPSA) is 41.6 Å². The molecule has 0 aromatic rings. The lowest BCUT2D eigenvalue weighted by molar-refractivity contribution is -0.0197. The molecule has 0 spiro atoms. The van der Waals surface area contributed by atoms with Gasteiger partial charge in [-0.15, -0.1) is 0 Å². The smallest absolute Gasteiger partial charge is 0.410 e. The van der Waals surface area contributed by atoms with Gasteiger partial charge in [0.25, 0.3) is 5.92 Å². The van der Waals surface area contributed by atoms with Gasteiger partial charge in [0.2, 0.25) is 0 Å². The van der Waals surface area contributed by atoms with Crippen LogP contribution in [0.1, 0.15) is 33.6 Å². The van der Waals surface area contributed by atoms with Crippen LogP contribution in [0.2, 0.25) is 0 Å². The van der Waals surface area contributed by atoms with Crippen molar-refractivity contribution in [2.75, 3.05) is 26.7 Å². The molecule has 1 aliphatic heterocycles. The highest BCUT2D eigenvalue weighted by Crippen LogP contribution is 2.29. The third-order valence-electron chi connectivity index (χ3n) is 2.96. The molecule has 1 fully saturated rings. The minimum absolute atomic E-state index is 0.157. The van der Waals surface area contributed by atoms with Gasteiger partial charge in [-0.25, -0.2) is 13.6 Å². The zero-order valence-electron chi connectivity index (χ0n) is 12.1. The van der Waals surface area contributed by atoms with Crippen LogP contribution >= 0.6 is 0 Å². The van der Waals surface area contributed by atoms with Crippen LogP contribution in [0.25, 0.3) is 0 Å². The van der Waals surface area contributed by atoms with Gasteiger partial charge in [0.1, 0.15) is 5.60 Å². The molecule has 112 valence electrons. The summed E-state index contributed by atoms with van der Waals surface area (Å²) in [5, 5.41) is 2.49. The van der Waals surface area contributed by atoms with Gasteiger partial charge in [-0.3, -0.25) is 0 Å². The number of carbonyl (C=O) groups is 1. The van der Waals surface area contributed by atoms with E-state index in [4.69, 9.17) is 4.74 Å². The first-order valence-corrected chi connectivity index (χ1v) is 6.63. The number of rotatable bonds is 4. The summed E-state index contributed by atoms with van der Waals surface area (Å²) in [7, 11) is 1.51. The van der Waals surface area contributed by atoms with Crippen LogP contribution in [0.3, 0.4) is 0 Å². The number of nitrogens with one attached hydrogen (secondary N) is 1. The molecule has 0 bridgehead atoms. The van der Waals surface area contributed by atoms with Crippen molar-refractivity contribution in [1.29, 1.82) is 0 Å². The molecule has 0 aromatic carbocycles. The Hall–Kier alpha value is -0.910. The van der Waals surface area contributed by atoms with Gasteiger partial charge in [0, 0.05) is 19.5 Å². The zero-order valence-corrected chi connectivity index (χ0v) is 12.1. The van der Waals surface area contributed by atoms with Crippen LogP contribution in [0.5, 0.6) is 0 Å². The predicted molar refractivity (Wildman–Crippen MR) is 69.4 cm³/mol. The number of hydrogen-bond acceptors (Lipinski definition) is 3. The zero-order chi connectivity index (χ0) is 14.7. The van der Waals surface area contributed by atoms with E-state index in [0.717, 1.165) is 0 Å². The molecule has 0 radical (unpaired) electrons. The van der Waals surface area contributed by atoms with E-state index in [0.29, 0.717) is 19.5 Å². The highest BCUT2D eigenvalue weighted by molar-refractivity contribution is 5.68. The van der Waals surface area contributed by atoms with E-state index in [1.165, 1.54) is 11.9 Å². The van der Waals surface area contributed by atoms with E-state index < -0.39 is 17.6 Å². The van der Waals surface area contributed by atoms with Crippen LogP contribution in [0.15, 0.2) is 0 Å². The van der Waals surface area contributed by atoms with Gasteiger partial charge in [-0.1, -0.05) is 0 Å². The third-order valence-corrected chi connectivity index (χ3v) is 2.96. The monoisotopic (exact) mass is 278 g/mol. The summed E-state index contributed by atoms with van der Waals surface area (Å²) in [5.74, 6) is -2.88. The molecule has 0 saturated carbocycles. The first-order valence-electron chi connectivity index (χ1n) is 6.63. The Morgan fingerprint density at radius 1 is 1.42 bits per heavy atom. The molecule has 0 aliphatic carbocycles. The lowest BCUT2D eigenvalue weighted by atomic mass is 10.00. The van der Waals surface area contributed by atoms with E-state index in [1.807, 2.05) is 0 Å². The summed E-state index contributed by atoms with van der Waals surface area (Å²) in [6.45, 7) is 5.90. The van der Waals surface area contributed by atoms with Crippen molar-refractivity contribution in [3.05, 3.63) is 0 Å². The van der Waals surface area contributed by atoms with Crippen LogP contribution in [0.4, 0.5) is 13.6 Å². The Bertz CT molecular complexity index is 316. The maximum atomic E-state index is 13.5. The average molecular weight is 278 g/mol. The molecular formula is C13H24F2N2O2. The molecule has 1 amide bonds. The van der Waals surface area contributed by atoms with Gasteiger partial charge in [0.15, 0.2) is 0 Å². The molecule has 6 heteroatoms. The number of alkyl halides is 2. The molecule has 1 saturated heterocycles. The minimum Gasteiger partial charge on any atom is -0.444 e. The van der Waals surface area contributed by atoms with Crippen molar-refractivity contribution in [2.24, 2.45) is 5.92 Å². The van der Waals surface area contributed by atoms with Crippen LogP contribution < -0.4 is 5.32 Å². The minimum atomic E-state index is -2.72. The van der Waals surface area contributed by atoms with E-state index >= 15 is 0 Å². The second kappa shape index (κ2) is 6.03. The molecule has 1 unspecified atom stereocenters. The van der Waals surface area contributed by atoms with Crippen molar-refractivity contribution in [3.8, 4) is 0 Å². The van der Waals surface area contributed by atoms with Crippen molar-refractivity contribution >= 4 is 6.09 Å². The fourth-order valence-corrected chi connectivity index (χ4v) is 2.24. The lowest BCUT2D eigenvalue weighted by Gasteiger charge is -2.25. The molecule has 1 heterocycles. The van der Waals surface area contributed by atoms with Gasteiger partial charge in [0.05, 0.1) is 6.54 Å². The highest BCUT2D eigenvalue weighted by atomic mass is 19.3. The molecule has 1 rings (SSSR count). The largest absolute Gasteiger partial charge is 0.444 e. The molecule has 4 nitrogen and oxygen atoms in total. The van der Waals surface area contributed by atoms with Crippen molar-refractivity contribution < 1.29 is 18.3 Å². The van der Waals surface area contributed by atoms with Crippen LogP contribution in [0, 0.1) is 5.92 Å². The van der Waals surface area contributed by atoms with E-state index in [9.17, 15) is 13.6 Å². The second-order valence-corrected chi connectivity index (χ2v) is 6.17. The first-order chi connectivity index (χ1) is 8.63. The van der Waals surface area contributed by atoms with Crippen molar-refractivity contribution in [1.82, 2.24) is 10.2 Å². The molecule has 19 heavy (non-hydrogen) atoms. The van der Waals surface area contributed by atoms with Crippen LogP contribution in [-0.2, 0) is 4.74 Å². The number of ether oxygens (including phenoxy) is 1. The van der Waals surface area contributed by atoms with Crippen molar-refractivity contribution in [2.45, 2.75) is 45.1 Å². The standard InChI is InChI=1S/C13H24F2N2O2/c1-12(2,3)19-11(18)17-6-5-10(8-17)7-13(14,15)9-16-4/h10,16H,5-9H2,1-4H3. The Kier molecular flexibility index (Phi) is 5.12. The second-order valence-electron chi connectivity index (χ2n) is 6.17. The molecule has 0 aromatic heterocycles. The van der Waals surface area contributed by atoms with Crippen LogP contribution in [-0.4, -0.2) is 49.2 Å². The quantitative estimate of drug-likeness (QED) is 0.859. The molecule has 1 aliphatic rings. The fourth-order valence-electron chi connectivity index (χ4n) is 2.24. The highest BCUT2D eigenvalue weighted by Gasteiger charge is 2.37. The van der Waals surface area contributed by atoms with Gasteiger partial charge in [-0.05, 0) is 40.2 Å². The summed E-state index contributed by atoms with van der Waals surface area (Å²) in [4.78, 5) is 13.3. The average Bonchev–Trinajstić information content (AvgIpc) is 2.62. The number of amides is 1. The number of hydrogen-bond donors (Lipinski definition) is 1. The summed E-state index contributed by atoms with van der Waals surface area (Å²) >= 11 is 0.